The van der Waals surface area contributed by atoms with E-state index in [1.54, 1.807) is 43.6 Å². The van der Waals surface area contributed by atoms with E-state index in [-0.39, 0.29) is 0 Å². The van der Waals surface area contributed by atoms with Crippen molar-refractivity contribution in [3.63, 3.8) is 0 Å². The number of aromatic nitrogens is 1. The second kappa shape index (κ2) is 5.41. The summed E-state index contributed by atoms with van der Waals surface area (Å²) in [6, 6.07) is 10.7. The lowest BCUT2D eigenvalue weighted by Crippen LogP contribution is -2.35. The molecule has 0 bridgehead atoms. The molecular weight excluding hydrogens is 262 g/mol. The van der Waals surface area contributed by atoms with Gasteiger partial charge in [0.2, 0.25) is 0 Å². The van der Waals surface area contributed by atoms with Crippen LogP contribution in [-0.2, 0) is 16.6 Å². The Morgan fingerprint density at radius 3 is 2.47 bits per heavy atom. The van der Waals surface area contributed by atoms with Crippen molar-refractivity contribution < 1.29 is 9.90 Å². The number of carboxylic acid groups (broad SMARTS) is 1. The highest BCUT2D eigenvalue weighted by molar-refractivity contribution is 6.31. The van der Waals surface area contributed by atoms with Gasteiger partial charge in [0.15, 0.2) is 0 Å². The van der Waals surface area contributed by atoms with Crippen molar-refractivity contribution in [3.8, 4) is 0 Å². The van der Waals surface area contributed by atoms with Gasteiger partial charge in [0, 0.05) is 17.4 Å². The van der Waals surface area contributed by atoms with Crippen molar-refractivity contribution in [1.82, 2.24) is 4.98 Å². The minimum atomic E-state index is -1.06. The summed E-state index contributed by atoms with van der Waals surface area (Å²) in [5, 5.41) is 10.1. The number of nitrogens with zero attached hydrogens (tertiary/aromatic N) is 1. The summed E-state index contributed by atoms with van der Waals surface area (Å²) in [7, 11) is 0. The second-order valence-electron chi connectivity index (χ2n) is 4.65. The Morgan fingerprint density at radius 1 is 1.26 bits per heavy atom. The molecule has 0 saturated carbocycles. The van der Waals surface area contributed by atoms with Crippen LogP contribution in [0.25, 0.3) is 0 Å². The van der Waals surface area contributed by atoms with Gasteiger partial charge in [0.25, 0.3) is 0 Å². The van der Waals surface area contributed by atoms with Crippen LogP contribution in [0.15, 0.2) is 48.8 Å². The Morgan fingerprint density at radius 2 is 1.89 bits per heavy atom. The molecular formula is C15H14ClNO2. The minimum absolute atomic E-state index is 0.370. The first-order chi connectivity index (χ1) is 9.04. The van der Waals surface area contributed by atoms with Crippen molar-refractivity contribution >= 4 is 17.6 Å². The first-order valence-corrected chi connectivity index (χ1v) is 6.29. The van der Waals surface area contributed by atoms with Gasteiger partial charge in [-0.25, -0.2) is 0 Å². The normalized spacial score (nSPS) is 13.8. The standard InChI is InChI=1S/C15H14ClNO2/c1-15(14(18)19,10-11-6-8-17-9-7-11)12-4-2-3-5-13(12)16/h2-9H,10H2,1H3,(H,18,19). The first-order valence-electron chi connectivity index (χ1n) is 5.91. The highest BCUT2D eigenvalue weighted by atomic mass is 35.5. The molecule has 1 heterocycles. The van der Waals surface area contributed by atoms with Crippen LogP contribution < -0.4 is 0 Å². The van der Waals surface area contributed by atoms with E-state index in [1.807, 2.05) is 12.1 Å². The molecule has 98 valence electrons. The van der Waals surface area contributed by atoms with Gasteiger partial charge in [-0.05, 0) is 42.7 Å². The van der Waals surface area contributed by atoms with Gasteiger partial charge in [0.05, 0.1) is 5.41 Å². The zero-order valence-corrected chi connectivity index (χ0v) is 11.3. The number of benzene rings is 1. The molecule has 0 aliphatic carbocycles. The maximum Gasteiger partial charge on any atom is 0.314 e. The quantitative estimate of drug-likeness (QED) is 0.931. The lowest BCUT2D eigenvalue weighted by molar-refractivity contribution is -0.143. The van der Waals surface area contributed by atoms with Gasteiger partial charge in [0.1, 0.15) is 0 Å². The number of rotatable bonds is 4. The Bertz CT molecular complexity index is 586. The lowest BCUT2D eigenvalue weighted by atomic mass is 9.77. The minimum Gasteiger partial charge on any atom is -0.481 e. The van der Waals surface area contributed by atoms with Crippen LogP contribution >= 0.6 is 11.6 Å². The SMILES string of the molecule is CC(Cc1ccncc1)(C(=O)O)c1ccccc1Cl. The lowest BCUT2D eigenvalue weighted by Gasteiger charge is -2.26. The van der Waals surface area contributed by atoms with E-state index in [0.717, 1.165) is 5.56 Å². The largest absolute Gasteiger partial charge is 0.481 e. The molecule has 1 atom stereocenters. The summed E-state index contributed by atoms with van der Waals surface area (Å²) >= 11 is 6.14. The van der Waals surface area contributed by atoms with E-state index in [4.69, 9.17) is 11.6 Å². The Hall–Kier alpha value is -1.87. The third-order valence-corrected chi connectivity index (χ3v) is 3.58. The van der Waals surface area contributed by atoms with Crippen LogP contribution in [0.2, 0.25) is 5.02 Å². The molecule has 3 nitrogen and oxygen atoms in total. The molecule has 0 fully saturated rings. The third-order valence-electron chi connectivity index (χ3n) is 3.25. The molecule has 4 heteroatoms. The molecule has 0 saturated heterocycles. The van der Waals surface area contributed by atoms with Crippen molar-refractivity contribution in [3.05, 3.63) is 64.9 Å². The Kier molecular flexibility index (Phi) is 3.86. The molecule has 0 amide bonds. The summed E-state index contributed by atoms with van der Waals surface area (Å²) in [5.74, 6) is -0.891. The van der Waals surface area contributed by atoms with E-state index >= 15 is 0 Å². The highest BCUT2D eigenvalue weighted by Gasteiger charge is 2.36. The molecule has 2 aromatic rings. The molecule has 0 aliphatic rings. The van der Waals surface area contributed by atoms with E-state index in [0.29, 0.717) is 17.0 Å². The molecule has 1 aromatic heterocycles. The number of aliphatic carboxylic acids is 1. The average molecular weight is 276 g/mol. The Labute approximate surface area is 116 Å². The summed E-state index contributed by atoms with van der Waals surface area (Å²) in [6.45, 7) is 1.69. The van der Waals surface area contributed by atoms with Gasteiger partial charge in [-0.1, -0.05) is 29.8 Å². The maximum absolute atomic E-state index is 11.7. The van der Waals surface area contributed by atoms with Gasteiger partial charge in [-0.3, -0.25) is 9.78 Å². The second-order valence-corrected chi connectivity index (χ2v) is 5.06. The van der Waals surface area contributed by atoms with E-state index in [9.17, 15) is 9.90 Å². The first kappa shape index (κ1) is 13.6. The van der Waals surface area contributed by atoms with Crippen LogP contribution in [0.5, 0.6) is 0 Å². The van der Waals surface area contributed by atoms with Gasteiger partial charge >= 0.3 is 5.97 Å². The number of carbonyl (C=O) groups is 1. The third kappa shape index (κ3) is 2.76. The van der Waals surface area contributed by atoms with Crippen LogP contribution in [0.4, 0.5) is 0 Å². The van der Waals surface area contributed by atoms with E-state index < -0.39 is 11.4 Å². The van der Waals surface area contributed by atoms with Crippen molar-refractivity contribution in [2.75, 3.05) is 0 Å². The van der Waals surface area contributed by atoms with Crippen molar-refractivity contribution in [1.29, 1.82) is 0 Å². The highest BCUT2D eigenvalue weighted by Crippen LogP contribution is 2.33. The van der Waals surface area contributed by atoms with Crippen LogP contribution in [0, 0.1) is 0 Å². The van der Waals surface area contributed by atoms with Gasteiger partial charge in [-0.15, -0.1) is 0 Å². The summed E-state index contributed by atoms with van der Waals surface area (Å²) in [6.07, 6.45) is 3.68. The number of hydrogen-bond donors (Lipinski definition) is 1. The van der Waals surface area contributed by atoms with Crippen LogP contribution in [-0.4, -0.2) is 16.1 Å². The summed E-state index contributed by atoms with van der Waals surface area (Å²) in [4.78, 5) is 15.6. The average Bonchev–Trinajstić information content (AvgIpc) is 2.40. The van der Waals surface area contributed by atoms with Gasteiger partial charge in [-0.2, -0.15) is 0 Å². The van der Waals surface area contributed by atoms with E-state index in [2.05, 4.69) is 4.98 Å². The maximum atomic E-state index is 11.7. The number of pyridine rings is 1. The molecule has 19 heavy (non-hydrogen) atoms. The molecule has 1 N–H and O–H groups in total. The molecule has 2 rings (SSSR count). The molecule has 0 spiro atoms. The predicted octanol–water partition coefficient (Wildman–Crippen LogP) is 3.32. The zero-order chi connectivity index (χ0) is 13.9. The predicted molar refractivity (Wildman–Crippen MR) is 74.4 cm³/mol. The molecule has 0 radical (unpaired) electrons. The number of halogens is 1. The topological polar surface area (TPSA) is 50.2 Å². The molecule has 0 aliphatic heterocycles. The Balaban J connectivity index is 2.45. The fourth-order valence-electron chi connectivity index (χ4n) is 2.10. The van der Waals surface area contributed by atoms with Gasteiger partial charge < -0.3 is 5.11 Å². The smallest absolute Gasteiger partial charge is 0.314 e. The number of hydrogen-bond acceptors (Lipinski definition) is 2. The monoisotopic (exact) mass is 275 g/mol. The van der Waals surface area contributed by atoms with Crippen molar-refractivity contribution in [2.24, 2.45) is 0 Å². The zero-order valence-electron chi connectivity index (χ0n) is 10.5. The number of carboxylic acids is 1. The molecule has 1 unspecified atom stereocenters. The molecule has 1 aromatic carbocycles. The van der Waals surface area contributed by atoms with Crippen LogP contribution in [0.3, 0.4) is 0 Å². The van der Waals surface area contributed by atoms with Crippen LogP contribution in [0.1, 0.15) is 18.1 Å². The fourth-order valence-corrected chi connectivity index (χ4v) is 2.45. The fraction of sp³-hybridized carbons (Fsp3) is 0.200. The van der Waals surface area contributed by atoms with Crippen molar-refractivity contribution in [2.45, 2.75) is 18.8 Å². The summed E-state index contributed by atoms with van der Waals surface area (Å²) in [5.41, 5.74) is 0.487. The van der Waals surface area contributed by atoms with E-state index in [1.165, 1.54) is 0 Å². The summed E-state index contributed by atoms with van der Waals surface area (Å²) < 4.78 is 0.